The Morgan fingerprint density at radius 1 is 1.17 bits per heavy atom. The lowest BCUT2D eigenvalue weighted by atomic mass is 10.0. The van der Waals surface area contributed by atoms with Crippen LogP contribution in [0.1, 0.15) is 25.3 Å². The van der Waals surface area contributed by atoms with Crippen LogP contribution in [0.4, 0.5) is 0 Å². The van der Waals surface area contributed by atoms with Crippen LogP contribution in [0.15, 0.2) is 35.1 Å². The van der Waals surface area contributed by atoms with Crippen molar-refractivity contribution in [1.29, 1.82) is 0 Å². The molecule has 1 fully saturated rings. The summed E-state index contributed by atoms with van der Waals surface area (Å²) in [6.45, 7) is 7.43. The van der Waals surface area contributed by atoms with E-state index in [0.29, 0.717) is 19.0 Å². The SMILES string of the molecule is CC(C)c1ccc2c(ccc(=O)n2CC(=O)N2CCNCC2)c1. The van der Waals surface area contributed by atoms with Crippen LogP contribution in [0.2, 0.25) is 0 Å². The van der Waals surface area contributed by atoms with Gasteiger partial charge in [-0.25, -0.2) is 0 Å². The Morgan fingerprint density at radius 3 is 2.61 bits per heavy atom. The predicted molar refractivity (Wildman–Crippen MR) is 91.7 cm³/mol. The fourth-order valence-corrected chi connectivity index (χ4v) is 2.99. The van der Waals surface area contributed by atoms with Crippen molar-refractivity contribution < 1.29 is 4.79 Å². The molecule has 1 aromatic carbocycles. The minimum atomic E-state index is -0.127. The van der Waals surface area contributed by atoms with Gasteiger partial charge in [0.15, 0.2) is 0 Å². The van der Waals surface area contributed by atoms with E-state index < -0.39 is 0 Å². The zero-order chi connectivity index (χ0) is 16.4. The number of hydrogen-bond acceptors (Lipinski definition) is 3. The van der Waals surface area contributed by atoms with Gasteiger partial charge in [0.2, 0.25) is 5.91 Å². The summed E-state index contributed by atoms with van der Waals surface area (Å²) in [6.07, 6.45) is 0. The van der Waals surface area contributed by atoms with Crippen molar-refractivity contribution in [2.75, 3.05) is 26.2 Å². The van der Waals surface area contributed by atoms with E-state index >= 15 is 0 Å². The average molecular weight is 313 g/mol. The maximum Gasteiger partial charge on any atom is 0.251 e. The van der Waals surface area contributed by atoms with Gasteiger partial charge in [-0.05, 0) is 35.1 Å². The summed E-state index contributed by atoms with van der Waals surface area (Å²) < 4.78 is 1.59. The number of hydrogen-bond donors (Lipinski definition) is 1. The lowest BCUT2D eigenvalue weighted by molar-refractivity contribution is -0.132. The highest BCUT2D eigenvalue weighted by molar-refractivity contribution is 5.83. The second-order valence-corrected chi connectivity index (χ2v) is 6.36. The largest absolute Gasteiger partial charge is 0.339 e. The fourth-order valence-electron chi connectivity index (χ4n) is 2.99. The molecule has 122 valence electrons. The molecule has 1 N–H and O–H groups in total. The fraction of sp³-hybridized carbons (Fsp3) is 0.444. The van der Waals surface area contributed by atoms with Crippen molar-refractivity contribution >= 4 is 16.8 Å². The Morgan fingerprint density at radius 2 is 1.91 bits per heavy atom. The number of piperazine rings is 1. The molecule has 1 aliphatic rings. The number of amides is 1. The molecule has 1 amide bonds. The Labute approximate surface area is 135 Å². The zero-order valence-corrected chi connectivity index (χ0v) is 13.7. The van der Waals surface area contributed by atoms with Gasteiger partial charge >= 0.3 is 0 Å². The van der Waals surface area contributed by atoms with Crippen molar-refractivity contribution in [3.05, 3.63) is 46.2 Å². The quantitative estimate of drug-likeness (QED) is 0.935. The standard InChI is InChI=1S/C18H23N3O2/c1-13(2)14-3-5-16-15(11-14)4-6-17(22)21(16)12-18(23)20-9-7-19-8-10-20/h3-6,11,13,19H,7-10,12H2,1-2H3. The normalized spacial score (nSPS) is 15.3. The predicted octanol–water partition coefficient (Wildman–Crippen LogP) is 1.56. The van der Waals surface area contributed by atoms with Crippen LogP contribution >= 0.6 is 0 Å². The maximum absolute atomic E-state index is 12.5. The number of carbonyl (C=O) groups is 1. The third-order valence-electron chi connectivity index (χ3n) is 4.44. The molecule has 0 unspecified atom stereocenters. The molecule has 0 spiro atoms. The van der Waals surface area contributed by atoms with E-state index in [1.807, 2.05) is 23.1 Å². The van der Waals surface area contributed by atoms with Crippen LogP contribution in [0, 0.1) is 0 Å². The minimum absolute atomic E-state index is 0.00837. The van der Waals surface area contributed by atoms with Gasteiger partial charge in [0, 0.05) is 32.2 Å². The number of carbonyl (C=O) groups excluding carboxylic acids is 1. The third kappa shape index (κ3) is 3.29. The summed E-state index contributed by atoms with van der Waals surface area (Å²) >= 11 is 0. The Hall–Kier alpha value is -2.14. The molecule has 2 aromatic rings. The highest BCUT2D eigenvalue weighted by Crippen LogP contribution is 2.20. The second-order valence-electron chi connectivity index (χ2n) is 6.36. The molecule has 0 bridgehead atoms. The first-order valence-corrected chi connectivity index (χ1v) is 8.18. The van der Waals surface area contributed by atoms with Crippen molar-refractivity contribution in [3.63, 3.8) is 0 Å². The van der Waals surface area contributed by atoms with Crippen molar-refractivity contribution in [2.24, 2.45) is 0 Å². The zero-order valence-electron chi connectivity index (χ0n) is 13.7. The number of rotatable bonds is 3. The monoisotopic (exact) mass is 313 g/mol. The molecule has 5 nitrogen and oxygen atoms in total. The molecule has 1 aromatic heterocycles. The molecule has 3 rings (SSSR count). The molecular weight excluding hydrogens is 290 g/mol. The summed E-state index contributed by atoms with van der Waals surface area (Å²) in [6, 6.07) is 9.49. The van der Waals surface area contributed by atoms with E-state index in [2.05, 4.69) is 25.2 Å². The first-order valence-electron chi connectivity index (χ1n) is 8.18. The Kier molecular flexibility index (Phi) is 4.48. The van der Waals surface area contributed by atoms with E-state index in [0.717, 1.165) is 24.0 Å². The summed E-state index contributed by atoms with van der Waals surface area (Å²) in [7, 11) is 0. The van der Waals surface area contributed by atoms with Crippen LogP contribution in [0.3, 0.4) is 0 Å². The van der Waals surface area contributed by atoms with Crippen LogP contribution in [-0.4, -0.2) is 41.6 Å². The van der Waals surface area contributed by atoms with Crippen LogP contribution in [0.25, 0.3) is 10.9 Å². The number of pyridine rings is 1. The van der Waals surface area contributed by atoms with Gasteiger partial charge < -0.3 is 10.2 Å². The van der Waals surface area contributed by atoms with Crippen LogP contribution in [0.5, 0.6) is 0 Å². The highest BCUT2D eigenvalue weighted by Gasteiger charge is 2.17. The van der Waals surface area contributed by atoms with Gasteiger partial charge in [-0.2, -0.15) is 0 Å². The molecule has 2 heterocycles. The van der Waals surface area contributed by atoms with E-state index in [-0.39, 0.29) is 18.0 Å². The molecule has 0 atom stereocenters. The van der Waals surface area contributed by atoms with Gasteiger partial charge in [-0.15, -0.1) is 0 Å². The topological polar surface area (TPSA) is 54.3 Å². The summed E-state index contributed by atoms with van der Waals surface area (Å²) in [5.41, 5.74) is 1.93. The minimum Gasteiger partial charge on any atom is -0.339 e. The average Bonchev–Trinajstić information content (AvgIpc) is 2.57. The Balaban J connectivity index is 1.94. The molecule has 23 heavy (non-hydrogen) atoms. The van der Waals surface area contributed by atoms with Gasteiger partial charge in [0.25, 0.3) is 5.56 Å². The van der Waals surface area contributed by atoms with E-state index in [4.69, 9.17) is 0 Å². The molecule has 1 saturated heterocycles. The highest BCUT2D eigenvalue weighted by atomic mass is 16.2. The van der Waals surface area contributed by atoms with E-state index in [9.17, 15) is 9.59 Å². The lowest BCUT2D eigenvalue weighted by Crippen LogP contribution is -2.48. The number of fused-ring (bicyclic) bond motifs is 1. The van der Waals surface area contributed by atoms with E-state index in [1.165, 1.54) is 5.56 Å². The van der Waals surface area contributed by atoms with Gasteiger partial charge in [-0.1, -0.05) is 19.9 Å². The van der Waals surface area contributed by atoms with Crippen molar-refractivity contribution in [2.45, 2.75) is 26.3 Å². The number of aromatic nitrogens is 1. The second kappa shape index (κ2) is 6.54. The first-order chi connectivity index (χ1) is 11.1. The first kappa shape index (κ1) is 15.7. The molecule has 1 aliphatic heterocycles. The van der Waals surface area contributed by atoms with Crippen molar-refractivity contribution in [3.8, 4) is 0 Å². The molecule has 0 radical (unpaired) electrons. The molecule has 0 saturated carbocycles. The molecule has 5 heteroatoms. The van der Waals surface area contributed by atoms with Crippen molar-refractivity contribution in [1.82, 2.24) is 14.8 Å². The van der Waals surface area contributed by atoms with Crippen LogP contribution in [-0.2, 0) is 11.3 Å². The van der Waals surface area contributed by atoms with Gasteiger partial charge in [0.05, 0.1) is 5.52 Å². The van der Waals surface area contributed by atoms with Crippen LogP contribution < -0.4 is 10.9 Å². The van der Waals surface area contributed by atoms with Gasteiger partial charge in [-0.3, -0.25) is 14.2 Å². The Bertz CT molecular complexity index is 773. The lowest BCUT2D eigenvalue weighted by Gasteiger charge is -2.27. The summed E-state index contributed by atoms with van der Waals surface area (Å²) in [5, 5.41) is 4.23. The third-order valence-corrected chi connectivity index (χ3v) is 4.44. The van der Waals surface area contributed by atoms with Gasteiger partial charge in [0.1, 0.15) is 6.54 Å². The maximum atomic E-state index is 12.5. The number of nitrogens with zero attached hydrogens (tertiary/aromatic N) is 2. The smallest absolute Gasteiger partial charge is 0.251 e. The summed E-state index contributed by atoms with van der Waals surface area (Å²) in [4.78, 5) is 26.6. The number of benzene rings is 1. The number of nitrogens with one attached hydrogen (secondary N) is 1. The molecule has 0 aliphatic carbocycles. The molecular formula is C18H23N3O2. The summed E-state index contributed by atoms with van der Waals surface area (Å²) in [5.74, 6) is 0.441. The van der Waals surface area contributed by atoms with E-state index in [1.54, 1.807) is 10.6 Å².